The van der Waals surface area contributed by atoms with Gasteiger partial charge in [-0.05, 0) is 19.1 Å². The standard InChI is InChI=1S/C14H18F2N2O3/c1-8-7-21-10(6-19)5-18(8)14(20)9-3-11(15)13(17-2)12(16)4-9/h3-4,8,10,17,19H,5-7H2,1-2H3. The third-order valence-corrected chi connectivity index (χ3v) is 3.51. The van der Waals surface area contributed by atoms with Crippen LogP contribution in [0.2, 0.25) is 0 Å². The van der Waals surface area contributed by atoms with E-state index in [0.29, 0.717) is 0 Å². The van der Waals surface area contributed by atoms with Crippen molar-refractivity contribution < 1.29 is 23.4 Å². The maximum Gasteiger partial charge on any atom is 0.254 e. The molecule has 1 aromatic rings. The molecule has 1 aliphatic heterocycles. The lowest BCUT2D eigenvalue weighted by molar-refractivity contribution is -0.0667. The van der Waals surface area contributed by atoms with Gasteiger partial charge < -0.3 is 20.1 Å². The minimum absolute atomic E-state index is 0.0607. The molecule has 7 heteroatoms. The number of hydrogen-bond acceptors (Lipinski definition) is 4. The molecule has 2 N–H and O–H groups in total. The number of amides is 1. The van der Waals surface area contributed by atoms with Gasteiger partial charge in [0.15, 0.2) is 0 Å². The van der Waals surface area contributed by atoms with Gasteiger partial charge in [0.05, 0.1) is 25.4 Å². The van der Waals surface area contributed by atoms with Crippen LogP contribution in [0.25, 0.3) is 0 Å². The normalized spacial score (nSPS) is 22.2. The van der Waals surface area contributed by atoms with E-state index in [9.17, 15) is 13.6 Å². The van der Waals surface area contributed by atoms with E-state index in [1.165, 1.54) is 11.9 Å². The van der Waals surface area contributed by atoms with Crippen LogP contribution in [0, 0.1) is 11.6 Å². The number of rotatable bonds is 3. The summed E-state index contributed by atoms with van der Waals surface area (Å²) in [5.74, 6) is -2.12. The minimum atomic E-state index is -0.819. The average Bonchev–Trinajstić information content (AvgIpc) is 2.46. The van der Waals surface area contributed by atoms with Gasteiger partial charge in [-0.15, -0.1) is 0 Å². The van der Waals surface area contributed by atoms with Crippen molar-refractivity contribution in [3.8, 4) is 0 Å². The molecular formula is C14H18F2N2O3. The SMILES string of the molecule is CNc1c(F)cc(C(=O)N2CC(CO)OCC2C)cc1F. The Kier molecular flexibility index (Phi) is 4.74. The predicted molar refractivity (Wildman–Crippen MR) is 73.2 cm³/mol. The first-order valence-corrected chi connectivity index (χ1v) is 6.68. The maximum absolute atomic E-state index is 13.7. The smallest absolute Gasteiger partial charge is 0.254 e. The summed E-state index contributed by atoms with van der Waals surface area (Å²) in [6.07, 6.45) is -0.476. The molecule has 2 unspecified atom stereocenters. The monoisotopic (exact) mass is 300 g/mol. The Hall–Kier alpha value is -1.73. The quantitative estimate of drug-likeness (QED) is 0.881. The van der Waals surface area contributed by atoms with Crippen molar-refractivity contribution in [1.29, 1.82) is 0 Å². The van der Waals surface area contributed by atoms with E-state index in [4.69, 9.17) is 9.84 Å². The summed E-state index contributed by atoms with van der Waals surface area (Å²) in [7, 11) is 1.40. The molecule has 5 nitrogen and oxygen atoms in total. The van der Waals surface area contributed by atoms with Crippen LogP contribution < -0.4 is 5.32 Å². The van der Waals surface area contributed by atoms with Crippen molar-refractivity contribution in [2.45, 2.75) is 19.1 Å². The molecule has 1 fully saturated rings. The average molecular weight is 300 g/mol. The van der Waals surface area contributed by atoms with Gasteiger partial charge in [0.1, 0.15) is 17.3 Å². The summed E-state index contributed by atoms with van der Waals surface area (Å²) in [4.78, 5) is 13.9. The van der Waals surface area contributed by atoms with E-state index in [0.717, 1.165) is 12.1 Å². The second kappa shape index (κ2) is 6.36. The molecule has 0 spiro atoms. The third kappa shape index (κ3) is 3.14. The largest absolute Gasteiger partial charge is 0.394 e. The molecule has 2 rings (SSSR count). The summed E-state index contributed by atoms with van der Waals surface area (Å²) in [6, 6.07) is 1.79. The summed E-state index contributed by atoms with van der Waals surface area (Å²) >= 11 is 0. The number of halogens is 2. The van der Waals surface area contributed by atoms with Crippen LogP contribution in [0.1, 0.15) is 17.3 Å². The maximum atomic E-state index is 13.7. The van der Waals surface area contributed by atoms with Crippen LogP contribution in [0.5, 0.6) is 0 Å². The van der Waals surface area contributed by atoms with Crippen molar-refractivity contribution in [3.63, 3.8) is 0 Å². The molecule has 1 heterocycles. The highest BCUT2D eigenvalue weighted by Gasteiger charge is 2.30. The van der Waals surface area contributed by atoms with Crippen molar-refractivity contribution in [2.75, 3.05) is 32.1 Å². The Morgan fingerprint density at radius 3 is 2.62 bits per heavy atom. The summed E-state index contributed by atoms with van der Waals surface area (Å²) in [6.45, 7) is 2.03. The van der Waals surface area contributed by atoms with Crippen molar-refractivity contribution in [1.82, 2.24) is 4.90 Å². The second-order valence-corrected chi connectivity index (χ2v) is 5.01. The topological polar surface area (TPSA) is 61.8 Å². The van der Waals surface area contributed by atoms with Gasteiger partial charge in [0.2, 0.25) is 0 Å². The van der Waals surface area contributed by atoms with E-state index in [1.54, 1.807) is 6.92 Å². The molecule has 1 aliphatic rings. The first-order chi connectivity index (χ1) is 9.97. The van der Waals surface area contributed by atoms with Crippen LogP contribution in [0.4, 0.5) is 14.5 Å². The highest BCUT2D eigenvalue weighted by atomic mass is 19.1. The number of aliphatic hydroxyl groups excluding tert-OH is 1. The van der Waals surface area contributed by atoms with E-state index < -0.39 is 23.6 Å². The van der Waals surface area contributed by atoms with E-state index >= 15 is 0 Å². The first kappa shape index (κ1) is 15.7. The Morgan fingerprint density at radius 1 is 1.48 bits per heavy atom. The number of carbonyl (C=O) groups excluding carboxylic acids is 1. The summed E-state index contributed by atoms with van der Waals surface area (Å²) < 4.78 is 32.8. The van der Waals surface area contributed by atoms with Gasteiger partial charge >= 0.3 is 0 Å². The molecule has 0 radical (unpaired) electrons. The van der Waals surface area contributed by atoms with Crippen LogP contribution in [0.3, 0.4) is 0 Å². The van der Waals surface area contributed by atoms with Gasteiger partial charge in [0.25, 0.3) is 5.91 Å². The number of ether oxygens (including phenoxy) is 1. The zero-order valence-electron chi connectivity index (χ0n) is 11.9. The Balaban J connectivity index is 2.26. The first-order valence-electron chi connectivity index (χ1n) is 6.68. The van der Waals surface area contributed by atoms with Gasteiger partial charge in [-0.3, -0.25) is 4.79 Å². The highest BCUT2D eigenvalue weighted by Crippen LogP contribution is 2.22. The molecule has 21 heavy (non-hydrogen) atoms. The molecule has 1 aromatic carbocycles. The fraction of sp³-hybridized carbons (Fsp3) is 0.500. The zero-order chi connectivity index (χ0) is 15.6. The molecular weight excluding hydrogens is 282 g/mol. The molecule has 0 aromatic heterocycles. The van der Waals surface area contributed by atoms with Crippen molar-refractivity contribution in [3.05, 3.63) is 29.3 Å². The van der Waals surface area contributed by atoms with E-state index in [2.05, 4.69) is 5.32 Å². The second-order valence-electron chi connectivity index (χ2n) is 5.01. The van der Waals surface area contributed by atoms with Crippen LogP contribution in [0.15, 0.2) is 12.1 Å². The molecule has 0 saturated carbocycles. The number of anilines is 1. The van der Waals surface area contributed by atoms with Gasteiger partial charge in [-0.1, -0.05) is 0 Å². The van der Waals surface area contributed by atoms with Gasteiger partial charge in [-0.25, -0.2) is 8.78 Å². The Bertz CT molecular complexity index is 516. The van der Waals surface area contributed by atoms with E-state index in [1.807, 2.05) is 0 Å². The summed E-state index contributed by atoms with van der Waals surface area (Å²) in [5.41, 5.74) is -0.329. The number of carbonyl (C=O) groups is 1. The van der Waals surface area contributed by atoms with Crippen LogP contribution >= 0.6 is 0 Å². The number of benzene rings is 1. The van der Waals surface area contributed by atoms with Crippen molar-refractivity contribution in [2.24, 2.45) is 0 Å². The fourth-order valence-electron chi connectivity index (χ4n) is 2.31. The number of morpholine rings is 1. The van der Waals surface area contributed by atoms with Gasteiger partial charge in [-0.2, -0.15) is 0 Å². The highest BCUT2D eigenvalue weighted by molar-refractivity contribution is 5.95. The summed E-state index contributed by atoms with van der Waals surface area (Å²) in [5, 5.41) is 11.5. The molecule has 1 saturated heterocycles. The third-order valence-electron chi connectivity index (χ3n) is 3.51. The number of nitrogens with zero attached hydrogens (tertiary/aromatic N) is 1. The van der Waals surface area contributed by atoms with Crippen LogP contribution in [-0.2, 0) is 4.74 Å². The molecule has 116 valence electrons. The van der Waals surface area contributed by atoms with Crippen LogP contribution in [-0.4, -0.2) is 54.9 Å². The molecule has 2 atom stereocenters. The number of aliphatic hydroxyl groups is 1. The fourth-order valence-corrected chi connectivity index (χ4v) is 2.31. The number of hydrogen-bond donors (Lipinski definition) is 2. The number of nitrogens with one attached hydrogen (secondary N) is 1. The predicted octanol–water partition coefficient (Wildman–Crippen LogP) is 1.23. The molecule has 0 bridgehead atoms. The Morgan fingerprint density at radius 2 is 2.10 bits per heavy atom. The van der Waals surface area contributed by atoms with Gasteiger partial charge in [0, 0.05) is 19.2 Å². The Labute approximate surface area is 121 Å². The molecule has 0 aliphatic carbocycles. The van der Waals surface area contributed by atoms with Crippen molar-refractivity contribution >= 4 is 11.6 Å². The lowest BCUT2D eigenvalue weighted by Crippen LogP contribution is -2.52. The van der Waals surface area contributed by atoms with E-state index in [-0.39, 0.29) is 37.1 Å². The molecule has 1 amide bonds. The lowest BCUT2D eigenvalue weighted by Gasteiger charge is -2.37. The lowest BCUT2D eigenvalue weighted by atomic mass is 10.1. The minimum Gasteiger partial charge on any atom is -0.394 e. The zero-order valence-corrected chi connectivity index (χ0v) is 11.9.